The Labute approximate surface area is 109 Å². The van der Waals surface area contributed by atoms with Gasteiger partial charge in [0.15, 0.2) is 0 Å². The smallest absolute Gasteiger partial charge is 0.255 e. The average Bonchev–Trinajstić information content (AvgIpc) is 2.42. The standard InChI is InChI=1S/C14H10FN3O/c15-12-7-11(17)5-6-13(12)18-14(19)10-3-1-9(8-16)2-4-10/h1-7H,17H2,(H,18,19). The van der Waals surface area contributed by atoms with E-state index in [1.807, 2.05) is 6.07 Å². The van der Waals surface area contributed by atoms with Gasteiger partial charge in [-0.25, -0.2) is 4.39 Å². The van der Waals surface area contributed by atoms with Crippen molar-refractivity contribution in [1.82, 2.24) is 0 Å². The number of carbonyl (C=O) groups excluding carboxylic acids is 1. The second-order valence-corrected chi connectivity index (χ2v) is 3.88. The summed E-state index contributed by atoms with van der Waals surface area (Å²) in [6, 6.07) is 12.0. The summed E-state index contributed by atoms with van der Waals surface area (Å²) in [5.74, 6) is -1.05. The van der Waals surface area contributed by atoms with Gasteiger partial charge in [0.05, 0.1) is 17.3 Å². The molecule has 0 saturated carbocycles. The van der Waals surface area contributed by atoms with Crippen molar-refractivity contribution in [3.63, 3.8) is 0 Å². The highest BCUT2D eigenvalue weighted by Crippen LogP contribution is 2.17. The highest BCUT2D eigenvalue weighted by atomic mass is 19.1. The van der Waals surface area contributed by atoms with Crippen LogP contribution in [0.25, 0.3) is 0 Å². The molecule has 0 aromatic heterocycles. The number of hydrogen-bond acceptors (Lipinski definition) is 3. The number of nitrogens with zero attached hydrogens (tertiary/aromatic N) is 1. The highest BCUT2D eigenvalue weighted by Gasteiger charge is 2.09. The fraction of sp³-hybridized carbons (Fsp3) is 0. The lowest BCUT2D eigenvalue weighted by Crippen LogP contribution is -2.13. The number of anilines is 2. The van der Waals surface area contributed by atoms with Crippen molar-refractivity contribution in [2.75, 3.05) is 11.1 Å². The number of halogens is 1. The molecule has 0 aliphatic rings. The summed E-state index contributed by atoms with van der Waals surface area (Å²) in [6.07, 6.45) is 0. The molecule has 0 atom stereocenters. The van der Waals surface area contributed by atoms with E-state index < -0.39 is 11.7 Å². The first-order valence-corrected chi connectivity index (χ1v) is 5.46. The molecule has 94 valence electrons. The van der Waals surface area contributed by atoms with E-state index in [-0.39, 0.29) is 11.4 Å². The summed E-state index contributed by atoms with van der Waals surface area (Å²) in [5, 5.41) is 11.1. The number of amides is 1. The van der Waals surface area contributed by atoms with Crippen LogP contribution in [0, 0.1) is 17.1 Å². The summed E-state index contributed by atoms with van der Waals surface area (Å²) in [4.78, 5) is 11.9. The second-order valence-electron chi connectivity index (χ2n) is 3.88. The topological polar surface area (TPSA) is 78.9 Å². The van der Waals surface area contributed by atoms with Crippen molar-refractivity contribution in [3.8, 4) is 6.07 Å². The SMILES string of the molecule is N#Cc1ccc(C(=O)Nc2ccc(N)cc2F)cc1. The van der Waals surface area contributed by atoms with Gasteiger partial charge in [-0.15, -0.1) is 0 Å². The van der Waals surface area contributed by atoms with Crippen molar-refractivity contribution in [2.24, 2.45) is 0 Å². The van der Waals surface area contributed by atoms with Crippen LogP contribution in [0.4, 0.5) is 15.8 Å². The molecule has 19 heavy (non-hydrogen) atoms. The Hall–Kier alpha value is -2.87. The molecule has 0 aliphatic carbocycles. The molecule has 0 fully saturated rings. The molecule has 2 rings (SSSR count). The van der Waals surface area contributed by atoms with Gasteiger partial charge < -0.3 is 11.1 Å². The number of hydrogen-bond donors (Lipinski definition) is 2. The fourth-order valence-electron chi connectivity index (χ4n) is 1.52. The maximum Gasteiger partial charge on any atom is 0.255 e. The number of nitrogens with one attached hydrogen (secondary N) is 1. The highest BCUT2D eigenvalue weighted by molar-refractivity contribution is 6.04. The first-order chi connectivity index (χ1) is 9.10. The largest absolute Gasteiger partial charge is 0.399 e. The van der Waals surface area contributed by atoms with Crippen molar-refractivity contribution in [1.29, 1.82) is 5.26 Å². The Kier molecular flexibility index (Phi) is 3.44. The molecule has 0 saturated heterocycles. The van der Waals surface area contributed by atoms with Gasteiger partial charge in [0.25, 0.3) is 5.91 Å². The van der Waals surface area contributed by atoms with Crippen LogP contribution in [0.1, 0.15) is 15.9 Å². The summed E-state index contributed by atoms with van der Waals surface area (Å²) in [7, 11) is 0. The first-order valence-electron chi connectivity index (χ1n) is 5.46. The summed E-state index contributed by atoms with van der Waals surface area (Å²) in [5.41, 5.74) is 6.56. The van der Waals surface area contributed by atoms with Crippen LogP contribution in [-0.4, -0.2) is 5.91 Å². The Morgan fingerprint density at radius 1 is 1.21 bits per heavy atom. The molecule has 4 nitrogen and oxygen atoms in total. The van der Waals surface area contributed by atoms with Crippen LogP contribution in [-0.2, 0) is 0 Å². The van der Waals surface area contributed by atoms with Gasteiger partial charge in [0, 0.05) is 11.3 Å². The second kappa shape index (κ2) is 5.19. The number of nitrogens with two attached hydrogens (primary N) is 1. The normalized spacial score (nSPS) is 9.68. The maximum absolute atomic E-state index is 13.5. The van der Waals surface area contributed by atoms with Crippen LogP contribution in [0.2, 0.25) is 0 Å². The number of nitriles is 1. The summed E-state index contributed by atoms with van der Waals surface area (Å²) >= 11 is 0. The maximum atomic E-state index is 13.5. The third kappa shape index (κ3) is 2.87. The molecule has 0 unspecified atom stereocenters. The summed E-state index contributed by atoms with van der Waals surface area (Å²) < 4.78 is 13.5. The molecular weight excluding hydrogens is 245 g/mol. The van der Waals surface area contributed by atoms with Crippen molar-refractivity contribution in [2.45, 2.75) is 0 Å². The van der Waals surface area contributed by atoms with E-state index in [1.54, 1.807) is 0 Å². The van der Waals surface area contributed by atoms with E-state index in [1.165, 1.54) is 36.4 Å². The molecular formula is C14H10FN3O. The van der Waals surface area contributed by atoms with Gasteiger partial charge in [-0.05, 0) is 42.5 Å². The monoisotopic (exact) mass is 255 g/mol. The zero-order chi connectivity index (χ0) is 13.8. The molecule has 1 amide bonds. The quantitative estimate of drug-likeness (QED) is 0.809. The lowest BCUT2D eigenvalue weighted by Gasteiger charge is -2.07. The first kappa shape index (κ1) is 12.6. The molecule has 0 bridgehead atoms. The van der Waals surface area contributed by atoms with Crippen LogP contribution >= 0.6 is 0 Å². The lowest BCUT2D eigenvalue weighted by molar-refractivity contribution is 0.102. The van der Waals surface area contributed by atoms with E-state index >= 15 is 0 Å². The molecule has 3 N–H and O–H groups in total. The van der Waals surface area contributed by atoms with Gasteiger partial charge in [-0.3, -0.25) is 4.79 Å². The van der Waals surface area contributed by atoms with Crippen molar-refractivity contribution < 1.29 is 9.18 Å². The third-order valence-electron chi connectivity index (χ3n) is 2.52. The zero-order valence-corrected chi connectivity index (χ0v) is 9.85. The fourth-order valence-corrected chi connectivity index (χ4v) is 1.52. The van der Waals surface area contributed by atoms with Crippen LogP contribution in [0.5, 0.6) is 0 Å². The number of nitrogen functional groups attached to an aromatic ring is 1. The van der Waals surface area contributed by atoms with Gasteiger partial charge in [0.2, 0.25) is 0 Å². The minimum atomic E-state index is -0.595. The molecule has 0 aliphatic heterocycles. The minimum Gasteiger partial charge on any atom is -0.399 e. The lowest BCUT2D eigenvalue weighted by atomic mass is 10.1. The Balaban J connectivity index is 2.18. The van der Waals surface area contributed by atoms with E-state index in [0.29, 0.717) is 11.1 Å². The van der Waals surface area contributed by atoms with Crippen molar-refractivity contribution >= 4 is 17.3 Å². The number of carbonyl (C=O) groups is 1. The van der Waals surface area contributed by atoms with E-state index in [0.717, 1.165) is 6.07 Å². The van der Waals surface area contributed by atoms with Gasteiger partial charge in [0.1, 0.15) is 5.82 Å². The van der Waals surface area contributed by atoms with Crippen LogP contribution < -0.4 is 11.1 Å². The number of benzene rings is 2. The molecule has 2 aromatic carbocycles. The average molecular weight is 255 g/mol. The Bertz CT molecular complexity index is 659. The predicted molar refractivity (Wildman–Crippen MR) is 69.9 cm³/mol. The third-order valence-corrected chi connectivity index (χ3v) is 2.52. The van der Waals surface area contributed by atoms with Crippen LogP contribution in [0.3, 0.4) is 0 Å². The zero-order valence-electron chi connectivity index (χ0n) is 9.85. The Morgan fingerprint density at radius 3 is 2.47 bits per heavy atom. The van der Waals surface area contributed by atoms with E-state index in [9.17, 15) is 9.18 Å². The minimum absolute atomic E-state index is 0.0589. The molecule has 0 radical (unpaired) electrons. The molecule has 2 aromatic rings. The Morgan fingerprint density at radius 2 is 1.89 bits per heavy atom. The molecule has 0 spiro atoms. The van der Waals surface area contributed by atoms with Gasteiger partial charge in [-0.2, -0.15) is 5.26 Å². The van der Waals surface area contributed by atoms with Gasteiger partial charge >= 0.3 is 0 Å². The van der Waals surface area contributed by atoms with Crippen LogP contribution in [0.15, 0.2) is 42.5 Å². The summed E-state index contributed by atoms with van der Waals surface area (Å²) in [6.45, 7) is 0. The van der Waals surface area contributed by atoms with E-state index in [4.69, 9.17) is 11.0 Å². The molecule has 0 heterocycles. The molecule has 5 heteroatoms. The van der Waals surface area contributed by atoms with Gasteiger partial charge in [-0.1, -0.05) is 0 Å². The van der Waals surface area contributed by atoms with Crippen molar-refractivity contribution in [3.05, 3.63) is 59.4 Å². The predicted octanol–water partition coefficient (Wildman–Crippen LogP) is 2.53. The van der Waals surface area contributed by atoms with E-state index in [2.05, 4.69) is 5.32 Å². The number of rotatable bonds is 2.